The summed E-state index contributed by atoms with van der Waals surface area (Å²) in [6.45, 7) is 6.50. The van der Waals surface area contributed by atoms with E-state index in [9.17, 15) is 14.4 Å². The summed E-state index contributed by atoms with van der Waals surface area (Å²) in [5, 5.41) is 0. The Kier molecular flexibility index (Phi) is 67.2. The molecule has 0 saturated carbocycles. The third-order valence-corrected chi connectivity index (χ3v) is 15.3. The number of esters is 3. The summed E-state index contributed by atoms with van der Waals surface area (Å²) >= 11 is 0. The Balaban J connectivity index is 4.29. The number of hydrogen-bond acceptors (Lipinski definition) is 6. The summed E-state index contributed by atoms with van der Waals surface area (Å²) in [5.74, 6) is -0.910. The fraction of sp³-hybridized carbons (Fsp3) is 0.727. The molecule has 0 aliphatic heterocycles. The van der Waals surface area contributed by atoms with Crippen LogP contribution in [0.2, 0.25) is 0 Å². The molecular weight excluding hydrogens is 1020 g/mol. The number of carbonyl (C=O) groups is 3. The normalized spacial score (nSPS) is 12.8. The van der Waals surface area contributed by atoms with Crippen LogP contribution in [0.25, 0.3) is 0 Å². The molecule has 1 unspecified atom stereocenters. The lowest BCUT2D eigenvalue weighted by Gasteiger charge is -2.18. The summed E-state index contributed by atoms with van der Waals surface area (Å²) in [7, 11) is 0. The molecule has 83 heavy (non-hydrogen) atoms. The van der Waals surface area contributed by atoms with Crippen molar-refractivity contribution in [2.24, 2.45) is 0 Å². The standard InChI is InChI=1S/C77H132O6/c1-4-7-10-13-16-19-22-24-26-28-30-32-34-36-37-38-39-41-42-44-46-48-50-52-55-58-61-64-67-70-76(79)82-73-74(72-81-75(78)69-66-63-60-57-54-21-18-15-12-9-6-3)83-77(80)71-68-65-62-59-56-53-51-49-47-45-43-40-35-33-31-29-27-25-23-20-17-14-11-8-5-2/h7,10,15-16,18-19,24,26,30,32,36-37,39,41,44,46,50,52,74H,4-6,8-9,11-14,17,20-23,25,27-29,31,33-35,38,40,42-43,45,47-49,51,53-73H2,1-3H3/b10-7-,18-15-,19-16-,26-24-,32-30-,37-36-,41-39-,46-44-,52-50-. The Morgan fingerprint density at radius 3 is 0.783 bits per heavy atom. The Hall–Kier alpha value is -3.93. The van der Waals surface area contributed by atoms with Crippen molar-refractivity contribution in [1.29, 1.82) is 0 Å². The van der Waals surface area contributed by atoms with Crippen LogP contribution in [0.1, 0.15) is 342 Å². The van der Waals surface area contributed by atoms with E-state index in [1.54, 1.807) is 0 Å². The highest BCUT2D eigenvalue weighted by Gasteiger charge is 2.19. The van der Waals surface area contributed by atoms with Crippen LogP contribution in [0, 0.1) is 0 Å². The maximum atomic E-state index is 12.9. The molecule has 0 heterocycles. The number of allylic oxidation sites excluding steroid dienone is 18. The summed E-state index contributed by atoms with van der Waals surface area (Å²) in [5.41, 5.74) is 0. The topological polar surface area (TPSA) is 78.9 Å². The van der Waals surface area contributed by atoms with Crippen molar-refractivity contribution < 1.29 is 28.6 Å². The van der Waals surface area contributed by atoms with E-state index in [0.29, 0.717) is 19.3 Å². The van der Waals surface area contributed by atoms with Gasteiger partial charge in [0, 0.05) is 19.3 Å². The molecule has 1 atom stereocenters. The van der Waals surface area contributed by atoms with Gasteiger partial charge in [-0.3, -0.25) is 14.4 Å². The monoisotopic (exact) mass is 1150 g/mol. The van der Waals surface area contributed by atoms with Crippen LogP contribution in [0.15, 0.2) is 109 Å². The van der Waals surface area contributed by atoms with Gasteiger partial charge in [0.15, 0.2) is 6.10 Å². The van der Waals surface area contributed by atoms with Gasteiger partial charge < -0.3 is 14.2 Å². The first-order chi connectivity index (χ1) is 41.0. The molecule has 0 fully saturated rings. The Morgan fingerprint density at radius 2 is 0.482 bits per heavy atom. The maximum Gasteiger partial charge on any atom is 0.306 e. The predicted molar refractivity (Wildman–Crippen MR) is 362 cm³/mol. The van der Waals surface area contributed by atoms with Crippen molar-refractivity contribution in [2.45, 2.75) is 348 Å². The van der Waals surface area contributed by atoms with Gasteiger partial charge in [-0.2, -0.15) is 0 Å². The molecule has 0 aliphatic rings. The molecule has 0 rings (SSSR count). The average molecular weight is 1150 g/mol. The van der Waals surface area contributed by atoms with Crippen LogP contribution in [0.3, 0.4) is 0 Å². The lowest BCUT2D eigenvalue weighted by atomic mass is 10.0. The number of ether oxygens (including phenoxy) is 3. The third kappa shape index (κ3) is 68.7. The van der Waals surface area contributed by atoms with Gasteiger partial charge >= 0.3 is 17.9 Å². The van der Waals surface area contributed by atoms with Crippen molar-refractivity contribution >= 4 is 17.9 Å². The zero-order valence-electron chi connectivity index (χ0n) is 54.7. The fourth-order valence-electron chi connectivity index (χ4n) is 9.97. The minimum absolute atomic E-state index is 0.0888. The third-order valence-electron chi connectivity index (χ3n) is 15.3. The van der Waals surface area contributed by atoms with Gasteiger partial charge in [-0.25, -0.2) is 0 Å². The lowest BCUT2D eigenvalue weighted by Crippen LogP contribution is -2.30. The van der Waals surface area contributed by atoms with E-state index >= 15 is 0 Å². The summed E-state index contributed by atoms with van der Waals surface area (Å²) in [6.07, 6.45) is 97.0. The van der Waals surface area contributed by atoms with Gasteiger partial charge in [-0.05, 0) is 103 Å². The molecule has 476 valence electrons. The minimum atomic E-state index is -0.793. The van der Waals surface area contributed by atoms with Gasteiger partial charge in [-0.15, -0.1) is 0 Å². The molecule has 0 radical (unpaired) electrons. The van der Waals surface area contributed by atoms with Crippen molar-refractivity contribution in [3.05, 3.63) is 109 Å². The number of unbranched alkanes of at least 4 members (excludes halogenated alkanes) is 35. The molecule has 0 aromatic rings. The van der Waals surface area contributed by atoms with Gasteiger partial charge in [0.2, 0.25) is 0 Å². The Morgan fingerprint density at radius 1 is 0.253 bits per heavy atom. The first-order valence-electron chi connectivity index (χ1n) is 35.4. The van der Waals surface area contributed by atoms with Crippen LogP contribution in [0.5, 0.6) is 0 Å². The Labute approximate surface area is 514 Å². The second-order valence-corrected chi connectivity index (χ2v) is 23.4. The second kappa shape index (κ2) is 70.6. The molecular formula is C77H132O6. The molecule has 6 nitrogen and oxygen atoms in total. The minimum Gasteiger partial charge on any atom is -0.462 e. The zero-order chi connectivity index (χ0) is 59.9. The number of carbonyl (C=O) groups excluding carboxylic acids is 3. The highest BCUT2D eigenvalue weighted by atomic mass is 16.6. The molecule has 6 heteroatoms. The first-order valence-corrected chi connectivity index (χ1v) is 35.4. The summed E-state index contributed by atoms with van der Waals surface area (Å²) in [6, 6.07) is 0. The second-order valence-electron chi connectivity index (χ2n) is 23.4. The molecule has 0 N–H and O–H groups in total. The molecule has 0 saturated heterocycles. The van der Waals surface area contributed by atoms with Crippen LogP contribution in [-0.2, 0) is 28.6 Å². The van der Waals surface area contributed by atoms with Crippen LogP contribution < -0.4 is 0 Å². The van der Waals surface area contributed by atoms with Gasteiger partial charge in [0.25, 0.3) is 0 Å². The molecule has 0 spiro atoms. The van der Waals surface area contributed by atoms with Gasteiger partial charge in [-0.1, -0.05) is 329 Å². The molecule has 0 aliphatic carbocycles. The van der Waals surface area contributed by atoms with Crippen molar-refractivity contribution in [3.8, 4) is 0 Å². The van der Waals surface area contributed by atoms with E-state index < -0.39 is 6.10 Å². The Bertz CT molecular complexity index is 1660. The largest absolute Gasteiger partial charge is 0.462 e. The van der Waals surface area contributed by atoms with E-state index in [1.165, 1.54) is 173 Å². The maximum absolute atomic E-state index is 12.9. The zero-order valence-corrected chi connectivity index (χ0v) is 54.7. The van der Waals surface area contributed by atoms with Crippen LogP contribution in [-0.4, -0.2) is 37.2 Å². The van der Waals surface area contributed by atoms with Gasteiger partial charge in [0.05, 0.1) is 0 Å². The highest BCUT2D eigenvalue weighted by molar-refractivity contribution is 5.71. The smallest absolute Gasteiger partial charge is 0.306 e. The quantitative estimate of drug-likeness (QED) is 0.0261. The lowest BCUT2D eigenvalue weighted by molar-refractivity contribution is -0.167. The van der Waals surface area contributed by atoms with Crippen molar-refractivity contribution in [2.75, 3.05) is 13.2 Å². The fourth-order valence-corrected chi connectivity index (χ4v) is 9.97. The van der Waals surface area contributed by atoms with Crippen LogP contribution >= 0.6 is 0 Å². The van der Waals surface area contributed by atoms with Crippen molar-refractivity contribution in [1.82, 2.24) is 0 Å². The number of hydrogen-bond donors (Lipinski definition) is 0. The predicted octanol–water partition coefficient (Wildman–Crippen LogP) is 24.6. The van der Waals surface area contributed by atoms with E-state index in [1.807, 2.05) is 0 Å². The van der Waals surface area contributed by atoms with Crippen LogP contribution in [0.4, 0.5) is 0 Å². The van der Waals surface area contributed by atoms with E-state index in [-0.39, 0.29) is 31.1 Å². The van der Waals surface area contributed by atoms with Gasteiger partial charge in [0.1, 0.15) is 13.2 Å². The molecule has 0 aromatic carbocycles. The summed E-state index contributed by atoms with van der Waals surface area (Å²) in [4.78, 5) is 38.4. The van der Waals surface area contributed by atoms with Crippen molar-refractivity contribution in [3.63, 3.8) is 0 Å². The van der Waals surface area contributed by atoms with E-state index in [0.717, 1.165) is 128 Å². The molecule has 0 aromatic heterocycles. The molecule has 0 bridgehead atoms. The average Bonchev–Trinajstić information content (AvgIpc) is 3.48. The number of rotatable bonds is 64. The molecule has 0 amide bonds. The highest BCUT2D eigenvalue weighted by Crippen LogP contribution is 2.18. The van der Waals surface area contributed by atoms with E-state index in [4.69, 9.17) is 14.2 Å². The van der Waals surface area contributed by atoms with E-state index in [2.05, 4.69) is 130 Å². The SMILES string of the molecule is CC/C=C\C/C=C\C/C=C\C/C=C\C/C=C\C/C=C\C/C=C\C/C=C\CCCCCCC(=O)OCC(COC(=O)CCCCCCC/C=C\CCCC)OC(=O)CCCCCCCCCCCCCCCCCCCCCCCCCCC. The summed E-state index contributed by atoms with van der Waals surface area (Å²) < 4.78 is 16.9. The first kappa shape index (κ1) is 79.1.